The Morgan fingerprint density at radius 1 is 1.27 bits per heavy atom. The summed E-state index contributed by atoms with van der Waals surface area (Å²) in [4.78, 5) is 17.9. The molecule has 6 nitrogen and oxygen atoms in total. The summed E-state index contributed by atoms with van der Waals surface area (Å²) in [6.45, 7) is 1.66. The SMILES string of the molecule is CN(CC(C)(CO)CO)C(=O)c1ccc(-n2ccnc2)cc1. The van der Waals surface area contributed by atoms with Gasteiger partial charge in [0.1, 0.15) is 0 Å². The number of carbonyl (C=O) groups is 1. The summed E-state index contributed by atoms with van der Waals surface area (Å²) >= 11 is 0. The standard InChI is InChI=1S/C16H21N3O3/c1-16(10-20,11-21)9-18(2)15(22)13-3-5-14(6-4-13)19-8-7-17-12-19/h3-8,12,20-21H,9-11H2,1-2H3. The fraction of sp³-hybridized carbons (Fsp3) is 0.375. The predicted octanol–water partition coefficient (Wildman–Crippen LogP) is 0.935. The van der Waals surface area contributed by atoms with E-state index in [0.717, 1.165) is 5.69 Å². The molecule has 1 heterocycles. The van der Waals surface area contributed by atoms with Crippen LogP contribution in [0.4, 0.5) is 0 Å². The summed E-state index contributed by atoms with van der Waals surface area (Å²) in [5.74, 6) is -0.148. The minimum atomic E-state index is -0.707. The van der Waals surface area contributed by atoms with E-state index in [-0.39, 0.29) is 25.7 Å². The quantitative estimate of drug-likeness (QED) is 0.832. The van der Waals surface area contributed by atoms with Crippen LogP contribution in [0.5, 0.6) is 0 Å². The summed E-state index contributed by atoms with van der Waals surface area (Å²) < 4.78 is 1.85. The zero-order valence-corrected chi connectivity index (χ0v) is 12.8. The van der Waals surface area contributed by atoms with E-state index in [9.17, 15) is 15.0 Å². The summed E-state index contributed by atoms with van der Waals surface area (Å²) in [6, 6.07) is 7.20. The van der Waals surface area contributed by atoms with Gasteiger partial charge in [0.05, 0.1) is 19.5 Å². The molecule has 22 heavy (non-hydrogen) atoms. The molecule has 0 spiro atoms. The van der Waals surface area contributed by atoms with Crippen LogP contribution in [-0.4, -0.2) is 57.4 Å². The van der Waals surface area contributed by atoms with Gasteiger partial charge in [0.2, 0.25) is 0 Å². The summed E-state index contributed by atoms with van der Waals surface area (Å²) in [5, 5.41) is 18.6. The van der Waals surface area contributed by atoms with Crippen LogP contribution >= 0.6 is 0 Å². The van der Waals surface area contributed by atoms with Gasteiger partial charge < -0.3 is 19.7 Å². The van der Waals surface area contributed by atoms with E-state index in [1.165, 1.54) is 4.90 Å². The van der Waals surface area contributed by atoms with E-state index in [0.29, 0.717) is 5.56 Å². The van der Waals surface area contributed by atoms with Gasteiger partial charge in [-0.1, -0.05) is 6.92 Å². The Kier molecular flexibility index (Phi) is 4.95. The van der Waals surface area contributed by atoms with Crippen molar-refractivity contribution in [3.63, 3.8) is 0 Å². The van der Waals surface area contributed by atoms with Crippen molar-refractivity contribution < 1.29 is 15.0 Å². The molecule has 0 bridgehead atoms. The van der Waals surface area contributed by atoms with Gasteiger partial charge in [0.15, 0.2) is 0 Å². The van der Waals surface area contributed by atoms with Crippen LogP contribution < -0.4 is 0 Å². The van der Waals surface area contributed by atoms with Gasteiger partial charge in [-0.15, -0.1) is 0 Å². The normalized spacial score (nSPS) is 11.5. The van der Waals surface area contributed by atoms with E-state index < -0.39 is 5.41 Å². The maximum Gasteiger partial charge on any atom is 0.253 e. The van der Waals surface area contributed by atoms with Crippen molar-refractivity contribution in [2.24, 2.45) is 5.41 Å². The van der Waals surface area contributed by atoms with Crippen molar-refractivity contribution in [2.45, 2.75) is 6.92 Å². The van der Waals surface area contributed by atoms with Crippen LogP contribution in [0.2, 0.25) is 0 Å². The first-order valence-electron chi connectivity index (χ1n) is 7.05. The predicted molar refractivity (Wildman–Crippen MR) is 82.8 cm³/mol. The van der Waals surface area contributed by atoms with E-state index in [2.05, 4.69) is 4.98 Å². The topological polar surface area (TPSA) is 78.6 Å². The number of carbonyl (C=O) groups excluding carboxylic acids is 1. The molecule has 0 fully saturated rings. The second-order valence-electron chi connectivity index (χ2n) is 5.80. The van der Waals surface area contributed by atoms with E-state index in [4.69, 9.17) is 0 Å². The number of aliphatic hydroxyl groups excluding tert-OH is 2. The first kappa shape index (κ1) is 16.2. The molecule has 0 aliphatic heterocycles. The van der Waals surface area contributed by atoms with Gasteiger partial charge in [0, 0.05) is 42.7 Å². The van der Waals surface area contributed by atoms with Gasteiger partial charge in [-0.25, -0.2) is 4.98 Å². The number of aliphatic hydroxyl groups is 2. The Bertz CT molecular complexity index is 604. The van der Waals surface area contributed by atoms with Gasteiger partial charge >= 0.3 is 0 Å². The molecule has 0 radical (unpaired) electrons. The van der Waals surface area contributed by atoms with Gasteiger partial charge in [-0.3, -0.25) is 4.79 Å². The molecule has 118 valence electrons. The van der Waals surface area contributed by atoms with Crippen LogP contribution in [-0.2, 0) is 0 Å². The Morgan fingerprint density at radius 2 is 1.91 bits per heavy atom. The Labute approximate surface area is 129 Å². The summed E-state index contributed by atoms with van der Waals surface area (Å²) in [6.07, 6.45) is 5.21. The third kappa shape index (κ3) is 3.52. The third-order valence-electron chi connectivity index (χ3n) is 3.65. The molecule has 0 atom stereocenters. The lowest BCUT2D eigenvalue weighted by Gasteiger charge is -2.30. The molecular formula is C16H21N3O3. The molecule has 1 amide bonds. The number of nitrogens with zero attached hydrogens (tertiary/aromatic N) is 3. The molecule has 0 saturated heterocycles. The van der Waals surface area contributed by atoms with Crippen molar-refractivity contribution in [1.29, 1.82) is 0 Å². The van der Waals surface area contributed by atoms with E-state index >= 15 is 0 Å². The summed E-state index contributed by atoms with van der Waals surface area (Å²) in [5.41, 5.74) is 0.776. The molecule has 6 heteroatoms. The van der Waals surface area contributed by atoms with E-state index in [1.807, 2.05) is 22.9 Å². The van der Waals surface area contributed by atoms with Gasteiger partial charge in [-0.05, 0) is 24.3 Å². The van der Waals surface area contributed by atoms with Crippen LogP contribution in [0, 0.1) is 5.41 Å². The van der Waals surface area contributed by atoms with Crippen molar-refractivity contribution >= 4 is 5.91 Å². The maximum absolute atomic E-state index is 12.4. The van der Waals surface area contributed by atoms with E-state index in [1.54, 1.807) is 38.6 Å². The molecule has 2 N–H and O–H groups in total. The summed E-state index contributed by atoms with van der Waals surface area (Å²) in [7, 11) is 1.66. The Hall–Kier alpha value is -2.18. The molecule has 1 aromatic carbocycles. The van der Waals surface area contributed by atoms with Crippen LogP contribution in [0.3, 0.4) is 0 Å². The lowest BCUT2D eigenvalue weighted by Crippen LogP contribution is -2.41. The Balaban J connectivity index is 2.09. The number of amides is 1. The number of benzene rings is 1. The fourth-order valence-corrected chi connectivity index (χ4v) is 2.20. The molecular weight excluding hydrogens is 282 g/mol. The van der Waals surface area contributed by atoms with Crippen molar-refractivity contribution in [1.82, 2.24) is 14.5 Å². The van der Waals surface area contributed by atoms with Gasteiger partial charge in [-0.2, -0.15) is 0 Å². The first-order chi connectivity index (χ1) is 10.5. The fourth-order valence-electron chi connectivity index (χ4n) is 2.20. The minimum absolute atomic E-state index is 0.148. The monoisotopic (exact) mass is 303 g/mol. The highest BCUT2D eigenvalue weighted by Gasteiger charge is 2.26. The number of hydrogen-bond donors (Lipinski definition) is 2. The average Bonchev–Trinajstić information content (AvgIpc) is 3.08. The average molecular weight is 303 g/mol. The van der Waals surface area contributed by atoms with Crippen molar-refractivity contribution in [3.05, 3.63) is 48.5 Å². The maximum atomic E-state index is 12.4. The number of rotatable bonds is 6. The first-order valence-corrected chi connectivity index (χ1v) is 7.05. The number of hydrogen-bond acceptors (Lipinski definition) is 4. The number of imidazole rings is 1. The highest BCUT2D eigenvalue weighted by Crippen LogP contribution is 2.17. The zero-order chi connectivity index (χ0) is 16.2. The Morgan fingerprint density at radius 3 is 2.41 bits per heavy atom. The lowest BCUT2D eigenvalue weighted by atomic mass is 9.92. The third-order valence-corrected chi connectivity index (χ3v) is 3.65. The lowest BCUT2D eigenvalue weighted by molar-refractivity contribution is 0.0366. The van der Waals surface area contributed by atoms with Crippen molar-refractivity contribution in [2.75, 3.05) is 26.8 Å². The minimum Gasteiger partial charge on any atom is -0.396 e. The molecule has 1 aromatic heterocycles. The zero-order valence-electron chi connectivity index (χ0n) is 12.8. The molecule has 0 aliphatic rings. The molecule has 0 saturated carbocycles. The van der Waals surface area contributed by atoms with Crippen molar-refractivity contribution in [3.8, 4) is 5.69 Å². The smallest absolute Gasteiger partial charge is 0.253 e. The second kappa shape index (κ2) is 6.72. The largest absolute Gasteiger partial charge is 0.396 e. The van der Waals surface area contributed by atoms with Crippen LogP contribution in [0.25, 0.3) is 5.69 Å². The highest BCUT2D eigenvalue weighted by atomic mass is 16.3. The second-order valence-corrected chi connectivity index (χ2v) is 5.80. The molecule has 2 rings (SSSR count). The molecule has 2 aromatic rings. The van der Waals surface area contributed by atoms with Crippen LogP contribution in [0.15, 0.2) is 43.0 Å². The number of aromatic nitrogens is 2. The van der Waals surface area contributed by atoms with Crippen LogP contribution in [0.1, 0.15) is 17.3 Å². The highest BCUT2D eigenvalue weighted by molar-refractivity contribution is 5.94. The van der Waals surface area contributed by atoms with Gasteiger partial charge in [0.25, 0.3) is 5.91 Å². The molecule has 0 aliphatic carbocycles. The molecule has 0 unspecified atom stereocenters.